The van der Waals surface area contributed by atoms with Gasteiger partial charge in [0.1, 0.15) is 5.69 Å². The quantitative estimate of drug-likeness (QED) is 0.834. The van der Waals surface area contributed by atoms with Crippen LogP contribution in [0.2, 0.25) is 0 Å². The van der Waals surface area contributed by atoms with E-state index in [1.165, 1.54) is 18.6 Å². The zero-order valence-corrected chi connectivity index (χ0v) is 9.51. The van der Waals surface area contributed by atoms with Gasteiger partial charge in [-0.1, -0.05) is 0 Å². The van der Waals surface area contributed by atoms with E-state index in [1.807, 2.05) is 0 Å². The highest BCUT2D eigenvalue weighted by atomic mass is 35.5. The van der Waals surface area contributed by atoms with Gasteiger partial charge in [-0.3, -0.25) is 9.78 Å². The molecule has 0 saturated carbocycles. The number of nitrogens with two attached hydrogens (primary N) is 1. The van der Waals surface area contributed by atoms with Crippen molar-refractivity contribution in [2.75, 3.05) is 0 Å². The molecule has 0 aromatic carbocycles. The molecule has 1 aromatic rings. The summed E-state index contributed by atoms with van der Waals surface area (Å²) in [6.07, 6.45) is 4.22. The van der Waals surface area contributed by atoms with E-state index in [0.717, 1.165) is 0 Å². The summed E-state index contributed by atoms with van der Waals surface area (Å²) in [6.45, 7) is 0. The maximum absolute atomic E-state index is 10.3. The molecule has 0 unspecified atom stereocenters. The van der Waals surface area contributed by atoms with Crippen molar-refractivity contribution in [3.05, 3.63) is 24.3 Å². The van der Waals surface area contributed by atoms with E-state index >= 15 is 0 Å². The zero-order valence-electron chi connectivity index (χ0n) is 6.25. The van der Waals surface area contributed by atoms with Gasteiger partial charge in [0.25, 0.3) is 5.91 Å². The van der Waals surface area contributed by atoms with Crippen molar-refractivity contribution in [2.45, 2.75) is 0 Å². The summed E-state index contributed by atoms with van der Waals surface area (Å²) in [7, 11) is 0. The Bertz CT molecular complexity index is 220. The number of primary amides is 1. The van der Waals surface area contributed by atoms with Crippen molar-refractivity contribution < 1.29 is 4.79 Å². The molecule has 8 heteroatoms. The number of halogens is 4. The number of amides is 1. The van der Waals surface area contributed by atoms with Gasteiger partial charge in [0.2, 0.25) is 0 Å². The van der Waals surface area contributed by atoms with E-state index in [-0.39, 0.29) is 55.3 Å². The summed E-state index contributed by atoms with van der Waals surface area (Å²) in [5.41, 5.74) is 5.06. The summed E-state index contributed by atoms with van der Waals surface area (Å²) in [5.74, 6) is -0.553. The fourth-order valence-electron chi connectivity index (χ4n) is 0.426. The predicted molar refractivity (Wildman–Crippen MR) is 59.5 cm³/mol. The summed E-state index contributed by atoms with van der Waals surface area (Å²) in [6, 6.07) is 0. The van der Waals surface area contributed by atoms with Gasteiger partial charge in [-0.15, -0.1) is 49.6 Å². The predicted octanol–water partition coefficient (Wildman–Crippen LogP) is 1.26. The number of hydrogen-bond acceptors (Lipinski definition) is 3. The molecule has 2 N–H and O–H groups in total. The SMILES string of the molecule is Cl.Cl.Cl.Cl.NC(=O)c1cnccn1. The Morgan fingerprint density at radius 1 is 1.15 bits per heavy atom. The molecule has 1 heterocycles. The second-order valence-electron chi connectivity index (χ2n) is 1.45. The van der Waals surface area contributed by atoms with Crippen LogP contribution in [0.1, 0.15) is 10.5 Å². The van der Waals surface area contributed by atoms with Crippen LogP contribution in [-0.2, 0) is 0 Å². The lowest BCUT2D eigenvalue weighted by atomic mass is 10.4. The molecule has 13 heavy (non-hydrogen) atoms. The number of rotatable bonds is 1. The molecule has 0 aliphatic heterocycles. The lowest BCUT2D eigenvalue weighted by Crippen LogP contribution is -2.12. The minimum absolute atomic E-state index is 0. The molecule has 0 aliphatic rings. The Morgan fingerprint density at radius 3 is 1.92 bits per heavy atom. The number of carbonyl (C=O) groups is 1. The third-order valence-electron chi connectivity index (χ3n) is 0.816. The summed E-state index contributed by atoms with van der Waals surface area (Å²) >= 11 is 0. The van der Waals surface area contributed by atoms with Crippen molar-refractivity contribution in [2.24, 2.45) is 5.73 Å². The zero-order chi connectivity index (χ0) is 6.69. The Hall–Kier alpha value is -0.290. The second kappa shape index (κ2) is 11.7. The lowest BCUT2D eigenvalue weighted by molar-refractivity contribution is 0.0995. The van der Waals surface area contributed by atoms with Crippen molar-refractivity contribution in [1.82, 2.24) is 9.97 Å². The maximum atomic E-state index is 10.3. The molecular weight excluding hydrogens is 260 g/mol. The average molecular weight is 269 g/mol. The molecule has 0 radical (unpaired) electrons. The largest absolute Gasteiger partial charge is 0.364 e. The average Bonchev–Trinajstić information content (AvgIpc) is 1.90. The Labute approximate surface area is 100 Å². The molecular formula is C5H9Cl4N3O. The van der Waals surface area contributed by atoms with Gasteiger partial charge in [0.05, 0.1) is 6.20 Å². The topological polar surface area (TPSA) is 68.9 Å². The van der Waals surface area contributed by atoms with Gasteiger partial charge in [-0.05, 0) is 0 Å². The number of carbonyl (C=O) groups excluding carboxylic acids is 1. The van der Waals surface area contributed by atoms with E-state index in [2.05, 4.69) is 9.97 Å². The Morgan fingerprint density at radius 2 is 1.69 bits per heavy atom. The monoisotopic (exact) mass is 267 g/mol. The molecule has 4 nitrogen and oxygen atoms in total. The van der Waals surface area contributed by atoms with Crippen LogP contribution in [0.25, 0.3) is 0 Å². The van der Waals surface area contributed by atoms with Crippen molar-refractivity contribution in [1.29, 1.82) is 0 Å². The molecule has 1 amide bonds. The molecule has 0 atom stereocenters. The van der Waals surface area contributed by atoms with Gasteiger partial charge in [0.15, 0.2) is 0 Å². The third kappa shape index (κ3) is 8.05. The summed E-state index contributed by atoms with van der Waals surface area (Å²) in [5, 5.41) is 0. The number of nitrogens with zero attached hydrogens (tertiary/aromatic N) is 2. The van der Waals surface area contributed by atoms with Gasteiger partial charge in [-0.2, -0.15) is 0 Å². The Kier molecular flexibility index (Phi) is 20.7. The fraction of sp³-hybridized carbons (Fsp3) is 0. The Balaban J connectivity index is -0.000000101. The fourth-order valence-corrected chi connectivity index (χ4v) is 0.426. The third-order valence-corrected chi connectivity index (χ3v) is 0.816. The van der Waals surface area contributed by atoms with Crippen LogP contribution in [0.15, 0.2) is 18.6 Å². The smallest absolute Gasteiger partial charge is 0.268 e. The number of hydrogen-bond donors (Lipinski definition) is 1. The van der Waals surface area contributed by atoms with Crippen molar-refractivity contribution >= 4 is 55.5 Å². The van der Waals surface area contributed by atoms with Crippen LogP contribution < -0.4 is 5.73 Å². The van der Waals surface area contributed by atoms with Gasteiger partial charge in [0, 0.05) is 12.4 Å². The molecule has 78 valence electrons. The molecule has 0 saturated heterocycles. The molecule has 0 fully saturated rings. The minimum atomic E-state index is -0.553. The molecule has 0 aliphatic carbocycles. The van der Waals surface area contributed by atoms with Crippen LogP contribution >= 0.6 is 49.6 Å². The standard InChI is InChI=1S/C5H5N3O.4ClH/c6-5(9)4-3-7-1-2-8-4;;;;/h1-3H,(H2,6,9);4*1H. The van der Waals surface area contributed by atoms with Crippen molar-refractivity contribution in [3.63, 3.8) is 0 Å². The first-order valence-corrected chi connectivity index (χ1v) is 2.36. The first-order chi connectivity index (χ1) is 4.30. The van der Waals surface area contributed by atoms with Gasteiger partial charge in [-0.25, -0.2) is 4.98 Å². The van der Waals surface area contributed by atoms with E-state index in [4.69, 9.17) is 5.73 Å². The van der Waals surface area contributed by atoms with Crippen LogP contribution in [0.5, 0.6) is 0 Å². The van der Waals surface area contributed by atoms with E-state index in [1.54, 1.807) is 0 Å². The highest BCUT2D eigenvalue weighted by Gasteiger charge is 1.97. The molecule has 0 spiro atoms. The van der Waals surface area contributed by atoms with Crippen LogP contribution in [0, 0.1) is 0 Å². The van der Waals surface area contributed by atoms with E-state index in [0.29, 0.717) is 0 Å². The molecule has 1 rings (SSSR count). The van der Waals surface area contributed by atoms with E-state index < -0.39 is 5.91 Å². The number of aromatic nitrogens is 2. The van der Waals surface area contributed by atoms with Gasteiger partial charge >= 0.3 is 0 Å². The highest BCUT2D eigenvalue weighted by molar-refractivity contribution is 5.90. The summed E-state index contributed by atoms with van der Waals surface area (Å²) in [4.78, 5) is 17.6. The second-order valence-corrected chi connectivity index (χ2v) is 1.45. The summed E-state index contributed by atoms with van der Waals surface area (Å²) < 4.78 is 0. The van der Waals surface area contributed by atoms with E-state index in [9.17, 15) is 4.79 Å². The molecule has 1 aromatic heterocycles. The van der Waals surface area contributed by atoms with Crippen molar-refractivity contribution in [3.8, 4) is 0 Å². The highest BCUT2D eigenvalue weighted by Crippen LogP contribution is 1.84. The van der Waals surface area contributed by atoms with Crippen LogP contribution in [-0.4, -0.2) is 15.9 Å². The molecule has 0 bridgehead atoms. The van der Waals surface area contributed by atoms with Crippen LogP contribution in [0.3, 0.4) is 0 Å². The lowest BCUT2D eigenvalue weighted by Gasteiger charge is -1.87. The van der Waals surface area contributed by atoms with Gasteiger partial charge < -0.3 is 5.73 Å². The first kappa shape index (κ1) is 23.0. The first-order valence-electron chi connectivity index (χ1n) is 2.36. The maximum Gasteiger partial charge on any atom is 0.268 e. The van der Waals surface area contributed by atoms with Crippen LogP contribution in [0.4, 0.5) is 0 Å². The normalized spacial score (nSPS) is 6.15. The minimum Gasteiger partial charge on any atom is -0.364 e.